The predicted molar refractivity (Wildman–Crippen MR) is 90.9 cm³/mol. The van der Waals surface area contributed by atoms with E-state index in [1.807, 2.05) is 4.90 Å². The van der Waals surface area contributed by atoms with Crippen molar-refractivity contribution in [2.24, 2.45) is 5.92 Å². The van der Waals surface area contributed by atoms with E-state index in [1.54, 1.807) is 18.2 Å². The van der Waals surface area contributed by atoms with Crippen molar-refractivity contribution < 1.29 is 14.3 Å². The lowest BCUT2D eigenvalue weighted by atomic mass is 9.89. The molecule has 4 nitrogen and oxygen atoms in total. The highest BCUT2D eigenvalue weighted by atomic mass is 19.1. The Morgan fingerprint density at radius 1 is 1.29 bits per heavy atom. The highest BCUT2D eigenvalue weighted by Crippen LogP contribution is 2.33. The van der Waals surface area contributed by atoms with Crippen LogP contribution in [0.4, 0.5) is 4.39 Å². The van der Waals surface area contributed by atoms with Crippen molar-refractivity contribution in [3.05, 3.63) is 35.6 Å². The minimum absolute atomic E-state index is 0.00152. The Morgan fingerprint density at radius 3 is 2.79 bits per heavy atom. The first-order valence-electron chi connectivity index (χ1n) is 9.03. The summed E-state index contributed by atoms with van der Waals surface area (Å²) in [5, 5.41) is 13.8. The molecular weight excluding hydrogens is 307 g/mol. The van der Waals surface area contributed by atoms with E-state index in [4.69, 9.17) is 0 Å². The summed E-state index contributed by atoms with van der Waals surface area (Å²) in [5.41, 5.74) is -0.871. The quantitative estimate of drug-likeness (QED) is 0.869. The average Bonchev–Trinajstić information content (AvgIpc) is 2.96. The number of carbonyl (C=O) groups is 1. The van der Waals surface area contributed by atoms with Crippen LogP contribution < -0.4 is 5.32 Å². The van der Waals surface area contributed by atoms with Crippen molar-refractivity contribution in [3.8, 4) is 0 Å². The molecule has 1 unspecified atom stereocenters. The van der Waals surface area contributed by atoms with Gasteiger partial charge in [0.05, 0.1) is 6.54 Å². The molecule has 0 spiro atoms. The number of rotatable bonds is 5. The first-order chi connectivity index (χ1) is 11.6. The summed E-state index contributed by atoms with van der Waals surface area (Å²) < 4.78 is 13.9. The molecule has 1 saturated carbocycles. The second kappa shape index (κ2) is 7.62. The molecule has 132 valence electrons. The Balaban J connectivity index is 1.48. The van der Waals surface area contributed by atoms with Crippen LogP contribution in [0, 0.1) is 11.7 Å². The zero-order chi connectivity index (χ0) is 17.0. The summed E-state index contributed by atoms with van der Waals surface area (Å²) >= 11 is 0. The first-order valence-corrected chi connectivity index (χ1v) is 9.03. The molecule has 0 bridgehead atoms. The SMILES string of the molecule is O=C(CN1CCC(O)(c2ccccc2F)C1)NCC1CCCCC1. The summed E-state index contributed by atoms with van der Waals surface area (Å²) in [6.07, 6.45) is 6.70. The minimum atomic E-state index is -1.20. The molecule has 1 saturated heterocycles. The van der Waals surface area contributed by atoms with Gasteiger partial charge in [-0.1, -0.05) is 37.5 Å². The van der Waals surface area contributed by atoms with Crippen LogP contribution in [0.1, 0.15) is 44.1 Å². The maximum Gasteiger partial charge on any atom is 0.234 e. The van der Waals surface area contributed by atoms with Crippen molar-refractivity contribution in [1.82, 2.24) is 10.2 Å². The highest BCUT2D eigenvalue weighted by molar-refractivity contribution is 5.78. The smallest absolute Gasteiger partial charge is 0.234 e. The van der Waals surface area contributed by atoms with Gasteiger partial charge in [-0.3, -0.25) is 9.69 Å². The maximum atomic E-state index is 13.9. The molecule has 1 heterocycles. The summed E-state index contributed by atoms with van der Waals surface area (Å²) in [7, 11) is 0. The Labute approximate surface area is 143 Å². The molecule has 1 amide bonds. The van der Waals surface area contributed by atoms with Gasteiger partial charge in [-0.2, -0.15) is 0 Å². The van der Waals surface area contributed by atoms with Gasteiger partial charge in [0.25, 0.3) is 0 Å². The number of hydrogen-bond donors (Lipinski definition) is 2. The molecule has 2 fully saturated rings. The van der Waals surface area contributed by atoms with Crippen LogP contribution in [0.15, 0.2) is 24.3 Å². The second-order valence-electron chi connectivity index (χ2n) is 7.28. The third-order valence-electron chi connectivity index (χ3n) is 5.38. The molecule has 1 aromatic rings. The van der Waals surface area contributed by atoms with E-state index in [0.29, 0.717) is 31.0 Å². The third-order valence-corrected chi connectivity index (χ3v) is 5.38. The lowest BCUT2D eigenvalue weighted by Crippen LogP contribution is -2.40. The molecule has 0 radical (unpaired) electrons. The van der Waals surface area contributed by atoms with E-state index in [0.717, 1.165) is 6.54 Å². The number of halogens is 1. The number of amides is 1. The van der Waals surface area contributed by atoms with Gasteiger partial charge in [-0.15, -0.1) is 0 Å². The average molecular weight is 334 g/mol. The van der Waals surface area contributed by atoms with Gasteiger partial charge >= 0.3 is 0 Å². The van der Waals surface area contributed by atoms with E-state index < -0.39 is 5.60 Å². The van der Waals surface area contributed by atoms with E-state index in [1.165, 1.54) is 38.2 Å². The standard InChI is InChI=1S/C19H27FN2O2/c20-17-9-5-4-8-16(17)19(24)10-11-22(14-19)13-18(23)21-12-15-6-2-1-3-7-15/h4-5,8-9,15,24H,1-3,6-7,10-14H2,(H,21,23). The van der Waals surface area contributed by atoms with Crippen LogP contribution in [0.25, 0.3) is 0 Å². The number of aliphatic hydroxyl groups is 1. The summed E-state index contributed by atoms with van der Waals surface area (Å²) in [6.45, 7) is 1.92. The molecule has 3 rings (SSSR count). The Morgan fingerprint density at radius 2 is 2.04 bits per heavy atom. The third kappa shape index (κ3) is 4.14. The Hall–Kier alpha value is -1.46. The van der Waals surface area contributed by atoms with Crippen molar-refractivity contribution in [2.75, 3.05) is 26.2 Å². The molecule has 1 aliphatic heterocycles. The van der Waals surface area contributed by atoms with E-state index in [9.17, 15) is 14.3 Å². The van der Waals surface area contributed by atoms with Crippen LogP contribution in [-0.4, -0.2) is 42.1 Å². The first kappa shape index (κ1) is 17.4. The molecule has 1 aliphatic carbocycles. The summed E-state index contributed by atoms with van der Waals surface area (Å²) in [4.78, 5) is 14.1. The molecule has 2 aliphatic rings. The molecule has 24 heavy (non-hydrogen) atoms. The van der Waals surface area contributed by atoms with E-state index >= 15 is 0 Å². The van der Waals surface area contributed by atoms with Crippen LogP contribution in [0.3, 0.4) is 0 Å². The molecule has 2 N–H and O–H groups in total. The Kier molecular flexibility index (Phi) is 5.51. The van der Waals surface area contributed by atoms with Crippen LogP contribution in [-0.2, 0) is 10.4 Å². The zero-order valence-corrected chi connectivity index (χ0v) is 14.1. The number of nitrogens with zero attached hydrogens (tertiary/aromatic N) is 1. The molecule has 5 heteroatoms. The maximum absolute atomic E-state index is 13.9. The highest BCUT2D eigenvalue weighted by Gasteiger charge is 2.39. The number of hydrogen-bond acceptors (Lipinski definition) is 3. The van der Waals surface area contributed by atoms with Crippen molar-refractivity contribution >= 4 is 5.91 Å². The van der Waals surface area contributed by atoms with Gasteiger partial charge in [0.1, 0.15) is 11.4 Å². The zero-order valence-electron chi connectivity index (χ0n) is 14.1. The topological polar surface area (TPSA) is 52.6 Å². The minimum Gasteiger partial charge on any atom is -0.384 e. The molecule has 1 atom stereocenters. The summed E-state index contributed by atoms with van der Waals surface area (Å²) in [5.74, 6) is 0.221. The largest absolute Gasteiger partial charge is 0.384 e. The van der Waals surface area contributed by atoms with Crippen LogP contribution >= 0.6 is 0 Å². The van der Waals surface area contributed by atoms with Gasteiger partial charge in [0.2, 0.25) is 5.91 Å². The monoisotopic (exact) mass is 334 g/mol. The van der Waals surface area contributed by atoms with Gasteiger partial charge < -0.3 is 10.4 Å². The number of carbonyl (C=O) groups excluding carboxylic acids is 1. The van der Waals surface area contributed by atoms with E-state index in [-0.39, 0.29) is 18.3 Å². The molecule has 0 aromatic heterocycles. The fourth-order valence-electron chi connectivity index (χ4n) is 3.97. The number of nitrogens with one attached hydrogen (secondary N) is 1. The number of likely N-dealkylation sites (tertiary alicyclic amines) is 1. The molecular formula is C19H27FN2O2. The normalized spacial score (nSPS) is 25.8. The van der Waals surface area contributed by atoms with Crippen molar-refractivity contribution in [3.63, 3.8) is 0 Å². The van der Waals surface area contributed by atoms with Gasteiger partial charge in [-0.25, -0.2) is 4.39 Å². The van der Waals surface area contributed by atoms with E-state index in [2.05, 4.69) is 5.32 Å². The lowest BCUT2D eigenvalue weighted by Gasteiger charge is -2.25. The van der Waals surface area contributed by atoms with Crippen LogP contribution in [0.2, 0.25) is 0 Å². The second-order valence-corrected chi connectivity index (χ2v) is 7.28. The number of benzene rings is 1. The van der Waals surface area contributed by atoms with Crippen LogP contribution in [0.5, 0.6) is 0 Å². The lowest BCUT2D eigenvalue weighted by molar-refractivity contribution is -0.122. The van der Waals surface area contributed by atoms with Gasteiger partial charge in [-0.05, 0) is 31.2 Å². The number of β-amino-alcohol motifs (C(OH)–C–C–N with tert-alkyl or cyclic N) is 1. The van der Waals surface area contributed by atoms with Gasteiger partial charge in [0, 0.05) is 25.2 Å². The fourth-order valence-corrected chi connectivity index (χ4v) is 3.97. The summed E-state index contributed by atoms with van der Waals surface area (Å²) in [6, 6.07) is 6.35. The van der Waals surface area contributed by atoms with Gasteiger partial charge in [0.15, 0.2) is 0 Å². The fraction of sp³-hybridized carbons (Fsp3) is 0.632. The Bertz CT molecular complexity index is 574. The predicted octanol–water partition coefficient (Wildman–Crippen LogP) is 2.42. The molecule has 1 aromatic carbocycles. The van der Waals surface area contributed by atoms with Crippen molar-refractivity contribution in [2.45, 2.75) is 44.1 Å². The van der Waals surface area contributed by atoms with Crippen molar-refractivity contribution in [1.29, 1.82) is 0 Å².